The van der Waals surface area contributed by atoms with Crippen molar-refractivity contribution in [3.8, 4) is 0 Å². The van der Waals surface area contributed by atoms with Crippen LogP contribution in [0.5, 0.6) is 0 Å². The van der Waals surface area contributed by atoms with Crippen molar-refractivity contribution in [1.82, 2.24) is 14.4 Å². The number of nitrogens with one attached hydrogen (secondary N) is 1. The first-order valence-corrected chi connectivity index (χ1v) is 5.83. The smallest absolute Gasteiger partial charge is 0.188 e. The first kappa shape index (κ1) is 9.35. The summed E-state index contributed by atoms with van der Waals surface area (Å²) in [6.07, 6.45) is 3.78. The molecule has 0 aliphatic heterocycles. The predicted octanol–water partition coefficient (Wildman–Crippen LogP) is 2.84. The van der Waals surface area contributed by atoms with Crippen LogP contribution in [0.2, 0.25) is 0 Å². The molecule has 0 aliphatic rings. The van der Waals surface area contributed by atoms with Crippen LogP contribution in [-0.4, -0.2) is 14.4 Å². The van der Waals surface area contributed by atoms with Crippen molar-refractivity contribution >= 4 is 27.8 Å². The van der Waals surface area contributed by atoms with Crippen molar-refractivity contribution in [2.75, 3.05) is 5.32 Å². The van der Waals surface area contributed by atoms with Gasteiger partial charge in [0, 0.05) is 17.8 Å². The number of hydrogen-bond acceptors (Lipinski definition) is 4. The minimum Gasteiger partial charge on any atom is -0.314 e. The molecular weight excluding hydrogens is 220 g/mol. The van der Waals surface area contributed by atoms with E-state index in [9.17, 15) is 0 Å². The molecule has 0 bridgehead atoms. The Labute approximate surface area is 96.6 Å². The normalized spacial score (nSPS) is 10.8. The molecule has 1 N–H and O–H groups in total. The summed E-state index contributed by atoms with van der Waals surface area (Å²) < 4.78 is 2.05. The summed E-state index contributed by atoms with van der Waals surface area (Å²) in [6.45, 7) is 1.99. The molecule has 3 aromatic rings. The van der Waals surface area contributed by atoms with Crippen LogP contribution in [0.3, 0.4) is 0 Å². The fraction of sp³-hybridized carbons (Fsp3) is 0.0909. The van der Waals surface area contributed by atoms with Gasteiger partial charge in [-0.25, -0.2) is 9.97 Å². The van der Waals surface area contributed by atoms with Gasteiger partial charge in [0.15, 0.2) is 10.9 Å². The van der Waals surface area contributed by atoms with Crippen LogP contribution in [0.25, 0.3) is 5.52 Å². The number of pyridine rings is 1. The SMILES string of the molecule is Cc1nc(Nc2nccs2)c2ccccn12. The highest BCUT2D eigenvalue weighted by molar-refractivity contribution is 7.13. The number of anilines is 2. The maximum absolute atomic E-state index is 4.48. The van der Waals surface area contributed by atoms with Gasteiger partial charge >= 0.3 is 0 Å². The van der Waals surface area contributed by atoms with E-state index in [1.54, 1.807) is 17.5 Å². The molecule has 0 amide bonds. The number of thiazole rings is 1. The highest BCUT2D eigenvalue weighted by atomic mass is 32.1. The maximum atomic E-state index is 4.48. The highest BCUT2D eigenvalue weighted by Crippen LogP contribution is 2.22. The van der Waals surface area contributed by atoms with Crippen molar-refractivity contribution < 1.29 is 0 Å². The highest BCUT2D eigenvalue weighted by Gasteiger charge is 2.07. The number of imidazole rings is 1. The molecular formula is C11H10N4S. The van der Waals surface area contributed by atoms with Crippen LogP contribution in [0.4, 0.5) is 10.9 Å². The predicted molar refractivity (Wildman–Crippen MR) is 65.3 cm³/mol. The lowest BCUT2D eigenvalue weighted by molar-refractivity contribution is 1.04. The van der Waals surface area contributed by atoms with Gasteiger partial charge in [0.05, 0.1) is 5.52 Å². The van der Waals surface area contributed by atoms with Gasteiger partial charge in [-0.2, -0.15) is 0 Å². The standard InChI is InChI=1S/C11H10N4S/c1-8-13-10(14-11-12-5-7-16-11)9-4-2-3-6-15(8)9/h2-7H,1H3,(H,12,14). The number of rotatable bonds is 2. The Balaban J connectivity index is 2.10. The molecule has 3 aromatic heterocycles. The van der Waals surface area contributed by atoms with Gasteiger partial charge in [-0.15, -0.1) is 11.3 Å². The largest absolute Gasteiger partial charge is 0.314 e. The molecule has 3 rings (SSSR count). The van der Waals surface area contributed by atoms with Gasteiger partial charge in [0.25, 0.3) is 0 Å². The molecule has 0 saturated heterocycles. The Morgan fingerprint density at radius 1 is 1.38 bits per heavy atom. The summed E-state index contributed by atoms with van der Waals surface area (Å²) in [5.41, 5.74) is 1.07. The summed E-state index contributed by atoms with van der Waals surface area (Å²) >= 11 is 1.56. The zero-order chi connectivity index (χ0) is 11.0. The molecule has 0 saturated carbocycles. The monoisotopic (exact) mass is 230 g/mol. The number of hydrogen-bond donors (Lipinski definition) is 1. The molecule has 80 valence electrons. The number of aryl methyl sites for hydroxylation is 1. The Morgan fingerprint density at radius 2 is 2.31 bits per heavy atom. The van der Waals surface area contributed by atoms with Gasteiger partial charge in [-0.05, 0) is 19.1 Å². The minimum absolute atomic E-state index is 0.855. The average Bonchev–Trinajstić information content (AvgIpc) is 2.90. The van der Waals surface area contributed by atoms with E-state index in [0.29, 0.717) is 0 Å². The average molecular weight is 230 g/mol. The summed E-state index contributed by atoms with van der Waals surface area (Å²) in [5.74, 6) is 1.82. The van der Waals surface area contributed by atoms with Crippen molar-refractivity contribution in [2.24, 2.45) is 0 Å². The molecule has 0 aromatic carbocycles. The third-order valence-corrected chi connectivity index (χ3v) is 3.07. The maximum Gasteiger partial charge on any atom is 0.188 e. The van der Waals surface area contributed by atoms with Crippen LogP contribution in [0.1, 0.15) is 5.82 Å². The first-order valence-electron chi connectivity index (χ1n) is 4.95. The molecule has 16 heavy (non-hydrogen) atoms. The zero-order valence-electron chi connectivity index (χ0n) is 8.71. The Morgan fingerprint density at radius 3 is 3.12 bits per heavy atom. The second kappa shape index (κ2) is 3.61. The molecule has 3 heterocycles. The molecule has 0 fully saturated rings. The van der Waals surface area contributed by atoms with Gasteiger partial charge in [0.1, 0.15) is 5.82 Å². The molecule has 0 radical (unpaired) electrons. The van der Waals surface area contributed by atoms with Crippen LogP contribution < -0.4 is 5.32 Å². The first-order chi connectivity index (χ1) is 7.84. The van der Waals surface area contributed by atoms with E-state index in [1.165, 1.54) is 0 Å². The quantitative estimate of drug-likeness (QED) is 0.736. The fourth-order valence-electron chi connectivity index (χ4n) is 1.67. The molecule has 0 spiro atoms. The topological polar surface area (TPSA) is 42.2 Å². The lowest BCUT2D eigenvalue weighted by Gasteiger charge is -1.98. The van der Waals surface area contributed by atoms with Crippen LogP contribution in [0.15, 0.2) is 36.0 Å². The fourth-order valence-corrected chi connectivity index (χ4v) is 2.20. The molecule has 4 nitrogen and oxygen atoms in total. The molecule has 0 unspecified atom stereocenters. The van der Waals surface area contributed by atoms with E-state index in [4.69, 9.17) is 0 Å². The Hall–Kier alpha value is -1.88. The van der Waals surface area contributed by atoms with E-state index in [-0.39, 0.29) is 0 Å². The lowest BCUT2D eigenvalue weighted by atomic mass is 10.4. The molecule has 0 atom stereocenters. The molecule has 5 heteroatoms. The summed E-state index contributed by atoms with van der Waals surface area (Å²) in [6, 6.07) is 6.04. The third-order valence-electron chi connectivity index (χ3n) is 2.38. The van der Waals surface area contributed by atoms with E-state index in [1.807, 2.05) is 36.7 Å². The summed E-state index contributed by atoms with van der Waals surface area (Å²) in [7, 11) is 0. The van der Waals surface area contributed by atoms with Gasteiger partial charge < -0.3 is 9.72 Å². The minimum atomic E-state index is 0.855. The van der Waals surface area contributed by atoms with Crippen molar-refractivity contribution in [3.63, 3.8) is 0 Å². The van der Waals surface area contributed by atoms with Gasteiger partial charge in [-0.3, -0.25) is 0 Å². The lowest BCUT2D eigenvalue weighted by Crippen LogP contribution is -1.89. The van der Waals surface area contributed by atoms with E-state index in [0.717, 1.165) is 22.3 Å². The number of aromatic nitrogens is 3. The summed E-state index contributed by atoms with van der Waals surface area (Å²) in [5, 5.41) is 6.03. The van der Waals surface area contributed by atoms with Crippen molar-refractivity contribution in [2.45, 2.75) is 6.92 Å². The van der Waals surface area contributed by atoms with Crippen molar-refractivity contribution in [1.29, 1.82) is 0 Å². The second-order valence-electron chi connectivity index (χ2n) is 3.43. The zero-order valence-corrected chi connectivity index (χ0v) is 9.53. The Bertz CT molecular complexity index is 612. The van der Waals surface area contributed by atoms with Crippen molar-refractivity contribution in [3.05, 3.63) is 41.8 Å². The van der Waals surface area contributed by atoms with E-state index < -0.39 is 0 Å². The van der Waals surface area contributed by atoms with Crippen LogP contribution >= 0.6 is 11.3 Å². The Kier molecular flexibility index (Phi) is 2.11. The van der Waals surface area contributed by atoms with Gasteiger partial charge in [0.2, 0.25) is 0 Å². The van der Waals surface area contributed by atoms with E-state index >= 15 is 0 Å². The number of nitrogens with zero attached hydrogens (tertiary/aromatic N) is 3. The molecule has 0 aliphatic carbocycles. The van der Waals surface area contributed by atoms with E-state index in [2.05, 4.69) is 19.7 Å². The van der Waals surface area contributed by atoms with Gasteiger partial charge in [-0.1, -0.05) is 6.07 Å². The number of fused-ring (bicyclic) bond motifs is 1. The summed E-state index contributed by atoms with van der Waals surface area (Å²) in [4.78, 5) is 8.67. The second-order valence-corrected chi connectivity index (χ2v) is 4.32. The van der Waals surface area contributed by atoms with Crippen LogP contribution in [-0.2, 0) is 0 Å². The third kappa shape index (κ3) is 1.45. The van der Waals surface area contributed by atoms with Crippen LogP contribution in [0, 0.1) is 6.92 Å².